The molecule has 1 N–H and O–H groups in total. The van der Waals surface area contributed by atoms with Crippen LogP contribution in [-0.4, -0.2) is 17.7 Å². The monoisotopic (exact) mass is 249 g/mol. The molecular formula is C15H21O3. The summed E-state index contributed by atoms with van der Waals surface area (Å²) in [5, 5.41) is 9.16. The third-order valence-corrected chi connectivity index (χ3v) is 2.76. The van der Waals surface area contributed by atoms with Crippen molar-refractivity contribution in [1.29, 1.82) is 0 Å². The molecule has 1 aromatic carbocycles. The number of carbonyl (C=O) groups is 1. The van der Waals surface area contributed by atoms with Crippen LogP contribution < -0.4 is 4.74 Å². The van der Waals surface area contributed by atoms with Gasteiger partial charge in [0.2, 0.25) is 0 Å². The van der Waals surface area contributed by atoms with Gasteiger partial charge in [-0.05, 0) is 43.0 Å². The summed E-state index contributed by atoms with van der Waals surface area (Å²) >= 11 is 0. The second-order valence-electron chi connectivity index (χ2n) is 4.49. The van der Waals surface area contributed by atoms with Crippen LogP contribution in [0.1, 0.15) is 43.7 Å². The van der Waals surface area contributed by atoms with Crippen molar-refractivity contribution >= 4 is 5.97 Å². The zero-order chi connectivity index (χ0) is 13.5. The number of benzene rings is 1. The number of hydrogen-bond donors (Lipinski definition) is 1. The summed E-state index contributed by atoms with van der Waals surface area (Å²) in [6.45, 7) is 7.38. The SMILES string of the molecule is [CH2]C(CO)c1cc(CCCC)cc(OC(C)=O)c1. The van der Waals surface area contributed by atoms with Crippen LogP contribution in [0.15, 0.2) is 18.2 Å². The van der Waals surface area contributed by atoms with Gasteiger partial charge in [0, 0.05) is 19.4 Å². The van der Waals surface area contributed by atoms with E-state index in [0.717, 1.165) is 30.4 Å². The normalized spacial score (nSPS) is 12.2. The predicted octanol–water partition coefficient (Wildman–Crippen LogP) is 2.86. The average Bonchev–Trinajstić information content (AvgIpc) is 2.34. The van der Waals surface area contributed by atoms with Crippen molar-refractivity contribution in [3.63, 3.8) is 0 Å². The Balaban J connectivity index is 2.99. The summed E-state index contributed by atoms with van der Waals surface area (Å²) in [5.41, 5.74) is 2.02. The van der Waals surface area contributed by atoms with E-state index in [0.29, 0.717) is 5.75 Å². The van der Waals surface area contributed by atoms with Crippen LogP contribution in [0.25, 0.3) is 0 Å². The third kappa shape index (κ3) is 4.49. The molecule has 3 heteroatoms. The van der Waals surface area contributed by atoms with Gasteiger partial charge in [0.15, 0.2) is 0 Å². The number of carbonyl (C=O) groups excluding carboxylic acids is 1. The fraction of sp³-hybridized carbons (Fsp3) is 0.467. The number of esters is 1. The quantitative estimate of drug-likeness (QED) is 0.623. The fourth-order valence-electron chi connectivity index (χ4n) is 1.78. The van der Waals surface area contributed by atoms with Crippen molar-refractivity contribution in [3.05, 3.63) is 36.2 Å². The van der Waals surface area contributed by atoms with E-state index in [9.17, 15) is 4.79 Å². The smallest absolute Gasteiger partial charge is 0.308 e. The van der Waals surface area contributed by atoms with Gasteiger partial charge in [0.1, 0.15) is 5.75 Å². The van der Waals surface area contributed by atoms with Gasteiger partial charge in [-0.2, -0.15) is 0 Å². The topological polar surface area (TPSA) is 46.5 Å². The lowest BCUT2D eigenvalue weighted by Gasteiger charge is -2.13. The van der Waals surface area contributed by atoms with Crippen LogP contribution in [0.3, 0.4) is 0 Å². The van der Waals surface area contributed by atoms with E-state index in [1.54, 1.807) is 6.07 Å². The van der Waals surface area contributed by atoms with E-state index in [-0.39, 0.29) is 18.5 Å². The zero-order valence-corrected chi connectivity index (χ0v) is 11.1. The lowest BCUT2D eigenvalue weighted by molar-refractivity contribution is -0.131. The minimum Gasteiger partial charge on any atom is -0.427 e. The maximum Gasteiger partial charge on any atom is 0.308 e. The van der Waals surface area contributed by atoms with Gasteiger partial charge in [0.25, 0.3) is 0 Å². The summed E-state index contributed by atoms with van der Waals surface area (Å²) in [6.07, 6.45) is 3.14. The Labute approximate surface area is 109 Å². The molecule has 1 rings (SSSR count). The molecule has 1 aromatic rings. The molecule has 0 heterocycles. The predicted molar refractivity (Wildman–Crippen MR) is 71.5 cm³/mol. The van der Waals surface area contributed by atoms with Crippen molar-refractivity contribution < 1.29 is 14.6 Å². The lowest BCUT2D eigenvalue weighted by atomic mass is 9.97. The van der Waals surface area contributed by atoms with Gasteiger partial charge in [-0.15, -0.1) is 0 Å². The number of hydrogen-bond acceptors (Lipinski definition) is 3. The molecule has 1 atom stereocenters. The Morgan fingerprint density at radius 1 is 1.44 bits per heavy atom. The van der Waals surface area contributed by atoms with Crippen molar-refractivity contribution in [3.8, 4) is 5.75 Å². The fourth-order valence-corrected chi connectivity index (χ4v) is 1.78. The van der Waals surface area contributed by atoms with E-state index < -0.39 is 0 Å². The standard InChI is InChI=1S/C15H21O3/c1-4-5-6-13-7-14(11(2)10-16)9-15(8-13)18-12(3)17/h7-9,11,16H,2,4-6,10H2,1,3H3. The van der Waals surface area contributed by atoms with E-state index in [2.05, 4.69) is 13.8 Å². The molecule has 18 heavy (non-hydrogen) atoms. The Morgan fingerprint density at radius 3 is 2.72 bits per heavy atom. The molecule has 0 spiro atoms. The number of aryl methyl sites for hydroxylation is 1. The van der Waals surface area contributed by atoms with Gasteiger partial charge in [-0.3, -0.25) is 4.79 Å². The Morgan fingerprint density at radius 2 is 2.17 bits per heavy atom. The Kier molecular flexibility index (Phi) is 5.86. The first kappa shape index (κ1) is 14.7. The van der Waals surface area contributed by atoms with Crippen molar-refractivity contribution in [2.24, 2.45) is 0 Å². The molecule has 0 saturated carbocycles. The third-order valence-electron chi connectivity index (χ3n) is 2.76. The molecular weight excluding hydrogens is 228 g/mol. The highest BCUT2D eigenvalue weighted by Crippen LogP contribution is 2.24. The molecule has 1 unspecified atom stereocenters. The second kappa shape index (κ2) is 7.17. The van der Waals surface area contributed by atoms with Gasteiger partial charge >= 0.3 is 5.97 Å². The average molecular weight is 249 g/mol. The van der Waals surface area contributed by atoms with Crippen molar-refractivity contribution in [1.82, 2.24) is 0 Å². The zero-order valence-electron chi connectivity index (χ0n) is 11.1. The van der Waals surface area contributed by atoms with Crippen molar-refractivity contribution in [2.75, 3.05) is 6.61 Å². The molecule has 0 aromatic heterocycles. The highest BCUT2D eigenvalue weighted by molar-refractivity contribution is 5.69. The molecule has 0 aliphatic heterocycles. The summed E-state index contributed by atoms with van der Waals surface area (Å²) in [5.74, 6) is 0.00675. The minimum atomic E-state index is -0.335. The summed E-state index contributed by atoms with van der Waals surface area (Å²) in [6, 6.07) is 5.67. The maximum absolute atomic E-state index is 11.0. The van der Waals surface area contributed by atoms with Crippen LogP contribution in [0, 0.1) is 6.92 Å². The summed E-state index contributed by atoms with van der Waals surface area (Å²) in [4.78, 5) is 11.0. The lowest BCUT2D eigenvalue weighted by Crippen LogP contribution is -2.05. The van der Waals surface area contributed by atoms with Gasteiger partial charge in [-0.1, -0.05) is 19.4 Å². The van der Waals surface area contributed by atoms with E-state index in [1.807, 2.05) is 12.1 Å². The van der Waals surface area contributed by atoms with Crippen LogP contribution >= 0.6 is 0 Å². The number of aliphatic hydroxyl groups excluding tert-OH is 1. The van der Waals surface area contributed by atoms with Crippen LogP contribution in [0.2, 0.25) is 0 Å². The number of unbranched alkanes of at least 4 members (excludes halogenated alkanes) is 1. The first-order chi connectivity index (χ1) is 8.56. The van der Waals surface area contributed by atoms with Crippen molar-refractivity contribution in [2.45, 2.75) is 39.0 Å². The molecule has 0 aliphatic carbocycles. The molecule has 0 amide bonds. The van der Waals surface area contributed by atoms with E-state index >= 15 is 0 Å². The largest absolute Gasteiger partial charge is 0.427 e. The Bertz CT molecular complexity index is 399. The highest BCUT2D eigenvalue weighted by Gasteiger charge is 2.09. The van der Waals surface area contributed by atoms with Gasteiger partial charge in [0.05, 0.1) is 0 Å². The molecule has 0 aliphatic rings. The van der Waals surface area contributed by atoms with Gasteiger partial charge < -0.3 is 9.84 Å². The number of aliphatic hydroxyl groups is 1. The van der Waals surface area contributed by atoms with Gasteiger partial charge in [-0.25, -0.2) is 0 Å². The number of ether oxygens (including phenoxy) is 1. The molecule has 3 nitrogen and oxygen atoms in total. The van der Waals surface area contributed by atoms with Crippen LogP contribution in [-0.2, 0) is 11.2 Å². The molecule has 0 fully saturated rings. The van der Waals surface area contributed by atoms with Crippen LogP contribution in [0.5, 0.6) is 5.75 Å². The molecule has 99 valence electrons. The highest BCUT2D eigenvalue weighted by atomic mass is 16.5. The van der Waals surface area contributed by atoms with E-state index in [4.69, 9.17) is 9.84 Å². The first-order valence-corrected chi connectivity index (χ1v) is 6.33. The Hall–Kier alpha value is -1.35. The number of rotatable bonds is 6. The van der Waals surface area contributed by atoms with E-state index in [1.165, 1.54) is 6.92 Å². The summed E-state index contributed by atoms with van der Waals surface area (Å²) in [7, 11) is 0. The molecule has 0 saturated heterocycles. The first-order valence-electron chi connectivity index (χ1n) is 6.33. The van der Waals surface area contributed by atoms with Crippen LogP contribution in [0.4, 0.5) is 0 Å². The molecule has 0 bridgehead atoms. The maximum atomic E-state index is 11.0. The summed E-state index contributed by atoms with van der Waals surface area (Å²) < 4.78 is 5.12. The molecule has 1 radical (unpaired) electrons. The minimum absolute atomic E-state index is 0.0171. The second-order valence-corrected chi connectivity index (χ2v) is 4.49.